The van der Waals surface area contributed by atoms with E-state index in [-0.39, 0.29) is 25.7 Å². The molecule has 0 bridgehead atoms. The number of aliphatic hydroxyl groups is 1. The molecule has 3 N–H and O–H groups in total. The van der Waals surface area contributed by atoms with Crippen LogP contribution in [-0.2, 0) is 65.4 Å². The number of hydrogen-bond acceptors (Lipinski definition) is 15. The summed E-state index contributed by atoms with van der Waals surface area (Å²) < 4.78 is 68.7. The SMILES string of the molecule is CCCCCC/C=C\C=C/CCCCCCCC(=O)O[C@H](COC(=O)CCCCCCCCCCCCCCCCC(C)CC)COP(=O)(O)OCC(O)COP(=O)(O)OC[C@@H](COC(=O)CCCCCCCCCC(C)C)OC(=O)CCCCCCCCCCCCCCCCCCC(C)C. The normalized spacial score (nSPS) is 14.4. The van der Waals surface area contributed by atoms with Crippen LogP contribution < -0.4 is 0 Å². The van der Waals surface area contributed by atoms with Crippen LogP contribution in [0.2, 0.25) is 0 Å². The molecular formula is C83H158O17P2. The summed E-state index contributed by atoms with van der Waals surface area (Å²) in [6.45, 7) is 11.9. The molecule has 0 aliphatic heterocycles. The number of rotatable bonds is 79. The van der Waals surface area contributed by atoms with E-state index in [4.69, 9.17) is 37.0 Å². The van der Waals surface area contributed by atoms with Gasteiger partial charge in [0.05, 0.1) is 26.4 Å². The number of hydrogen-bond donors (Lipinski definition) is 3. The number of esters is 4. The van der Waals surface area contributed by atoms with Gasteiger partial charge in [0.2, 0.25) is 0 Å². The molecule has 0 fully saturated rings. The second kappa shape index (κ2) is 72.7. The Morgan fingerprint density at radius 2 is 0.578 bits per heavy atom. The molecule has 0 aromatic carbocycles. The summed E-state index contributed by atoms with van der Waals surface area (Å²) >= 11 is 0. The van der Waals surface area contributed by atoms with Crippen molar-refractivity contribution in [3.63, 3.8) is 0 Å². The molecule has 0 saturated carbocycles. The Balaban J connectivity index is 5.26. The van der Waals surface area contributed by atoms with Crippen LogP contribution in [0.15, 0.2) is 24.3 Å². The molecule has 0 rings (SSSR count). The van der Waals surface area contributed by atoms with E-state index in [1.165, 1.54) is 199 Å². The zero-order valence-corrected chi connectivity index (χ0v) is 68.4. The van der Waals surface area contributed by atoms with Gasteiger partial charge in [0.1, 0.15) is 19.3 Å². The average molecular weight is 1490 g/mol. The van der Waals surface area contributed by atoms with Crippen molar-refractivity contribution < 1.29 is 80.2 Å². The van der Waals surface area contributed by atoms with E-state index in [0.29, 0.717) is 31.6 Å². The molecule has 0 aromatic heterocycles. The van der Waals surface area contributed by atoms with Gasteiger partial charge in [0.15, 0.2) is 12.2 Å². The van der Waals surface area contributed by atoms with E-state index < -0.39 is 97.5 Å². The third-order valence-corrected chi connectivity index (χ3v) is 21.0. The van der Waals surface area contributed by atoms with Gasteiger partial charge >= 0.3 is 39.5 Å². The van der Waals surface area contributed by atoms with Gasteiger partial charge in [-0.25, -0.2) is 9.13 Å². The van der Waals surface area contributed by atoms with Gasteiger partial charge in [-0.1, -0.05) is 355 Å². The molecule has 102 heavy (non-hydrogen) atoms. The van der Waals surface area contributed by atoms with Gasteiger partial charge in [-0.05, 0) is 69.1 Å². The molecule has 0 amide bonds. The Kier molecular flexibility index (Phi) is 71.0. The Morgan fingerprint density at radius 1 is 0.324 bits per heavy atom. The zero-order valence-electron chi connectivity index (χ0n) is 66.6. The number of phosphoric ester groups is 2. The standard InChI is InChI=1S/C83H158O17P2/c1-8-10-11-12-13-14-15-16-19-27-32-37-44-52-59-66-82(87)99-78(70-93-80(85)64-57-50-43-36-31-26-23-22-25-30-35-42-49-56-63-76(7)9-2)72-97-101(89,90)95-68-77(84)69-96-102(91,92)98-73-79(71-94-81(86)65-58-51-46-39-41-48-55-62-75(5)6)100-83(88)67-60-53-45-38-33-28-21-18-17-20-24-29-34-40-47-54-61-74(3)4/h14-16,19,74-79,84H,8-13,17-18,20-73H2,1-7H3,(H,89,90)(H,91,92)/b15-14-,19-16-/t76?,77?,78-,79-/m1/s1. The number of allylic oxidation sites excluding steroid dienone is 4. The molecular weight excluding hydrogens is 1330 g/mol. The van der Waals surface area contributed by atoms with E-state index in [0.717, 1.165) is 121 Å². The zero-order chi connectivity index (χ0) is 75.1. The lowest BCUT2D eigenvalue weighted by Gasteiger charge is -2.21. The van der Waals surface area contributed by atoms with E-state index in [9.17, 15) is 43.2 Å². The topological polar surface area (TPSA) is 237 Å². The van der Waals surface area contributed by atoms with Crippen molar-refractivity contribution in [1.82, 2.24) is 0 Å². The number of ether oxygens (including phenoxy) is 4. The van der Waals surface area contributed by atoms with Crippen LogP contribution in [0.4, 0.5) is 0 Å². The number of unbranched alkanes of at least 4 members (excludes halogenated alkanes) is 43. The highest BCUT2D eigenvalue weighted by atomic mass is 31.2. The third-order valence-electron chi connectivity index (χ3n) is 19.1. The molecule has 0 aliphatic carbocycles. The second-order valence-electron chi connectivity index (χ2n) is 30.4. The number of carbonyl (C=O) groups is 4. The van der Waals surface area contributed by atoms with Gasteiger partial charge in [-0.3, -0.25) is 37.3 Å². The Hall–Kier alpha value is -2.46. The Morgan fingerprint density at radius 3 is 0.873 bits per heavy atom. The van der Waals surface area contributed by atoms with Crippen LogP contribution in [0.1, 0.15) is 408 Å². The molecule has 17 nitrogen and oxygen atoms in total. The van der Waals surface area contributed by atoms with Crippen molar-refractivity contribution in [3.8, 4) is 0 Å². The van der Waals surface area contributed by atoms with Crippen LogP contribution in [0.5, 0.6) is 0 Å². The molecule has 19 heteroatoms. The molecule has 0 aliphatic rings. The minimum absolute atomic E-state index is 0.0851. The van der Waals surface area contributed by atoms with Crippen LogP contribution in [0.3, 0.4) is 0 Å². The molecule has 0 heterocycles. The first kappa shape index (κ1) is 99.5. The summed E-state index contributed by atoms with van der Waals surface area (Å²) in [5.41, 5.74) is 0. The summed E-state index contributed by atoms with van der Waals surface area (Å²) in [6.07, 6.45) is 64.7. The summed E-state index contributed by atoms with van der Waals surface area (Å²) in [5, 5.41) is 10.6. The van der Waals surface area contributed by atoms with E-state index in [1.54, 1.807) is 0 Å². The summed E-state index contributed by atoms with van der Waals surface area (Å²) in [4.78, 5) is 73.1. The van der Waals surface area contributed by atoms with Crippen molar-refractivity contribution in [2.45, 2.75) is 426 Å². The maximum Gasteiger partial charge on any atom is 0.472 e. The lowest BCUT2D eigenvalue weighted by molar-refractivity contribution is -0.161. The van der Waals surface area contributed by atoms with E-state index in [2.05, 4.69) is 72.8 Å². The first-order valence-corrected chi connectivity index (χ1v) is 45.2. The van der Waals surface area contributed by atoms with E-state index >= 15 is 0 Å². The van der Waals surface area contributed by atoms with Gasteiger partial charge in [-0.15, -0.1) is 0 Å². The third kappa shape index (κ3) is 74.4. The summed E-state index contributed by atoms with van der Waals surface area (Å²) in [5.74, 6) is 0.219. The van der Waals surface area contributed by atoms with Crippen molar-refractivity contribution >= 4 is 39.5 Å². The number of carbonyl (C=O) groups excluding carboxylic acids is 4. The van der Waals surface area contributed by atoms with Crippen molar-refractivity contribution in [2.24, 2.45) is 17.8 Å². The average Bonchev–Trinajstić information content (AvgIpc) is 0.949. The summed E-state index contributed by atoms with van der Waals surface area (Å²) in [6, 6.07) is 0. The predicted octanol–water partition coefficient (Wildman–Crippen LogP) is 24.5. The van der Waals surface area contributed by atoms with Gasteiger partial charge in [0.25, 0.3) is 0 Å². The van der Waals surface area contributed by atoms with Gasteiger partial charge in [0, 0.05) is 25.7 Å². The molecule has 0 aromatic rings. The minimum Gasteiger partial charge on any atom is -0.462 e. The summed E-state index contributed by atoms with van der Waals surface area (Å²) in [7, 11) is -9.94. The van der Waals surface area contributed by atoms with Crippen molar-refractivity contribution in [3.05, 3.63) is 24.3 Å². The fourth-order valence-corrected chi connectivity index (χ4v) is 13.8. The highest BCUT2D eigenvalue weighted by Crippen LogP contribution is 2.45. The fraction of sp³-hybridized carbons (Fsp3) is 0.904. The first-order valence-electron chi connectivity index (χ1n) is 42.2. The predicted molar refractivity (Wildman–Crippen MR) is 418 cm³/mol. The number of aliphatic hydroxyl groups excluding tert-OH is 1. The largest absolute Gasteiger partial charge is 0.472 e. The molecule has 4 unspecified atom stereocenters. The van der Waals surface area contributed by atoms with E-state index in [1.807, 2.05) is 0 Å². The molecule has 6 atom stereocenters. The highest BCUT2D eigenvalue weighted by molar-refractivity contribution is 7.47. The quantitative estimate of drug-likeness (QED) is 0.0169. The lowest BCUT2D eigenvalue weighted by atomic mass is 9.99. The maximum absolute atomic E-state index is 13.1. The first-order chi connectivity index (χ1) is 49.3. The second-order valence-corrected chi connectivity index (χ2v) is 33.3. The van der Waals surface area contributed by atoms with Gasteiger partial charge in [-0.2, -0.15) is 0 Å². The number of phosphoric acid groups is 2. The van der Waals surface area contributed by atoms with Crippen LogP contribution in [0.25, 0.3) is 0 Å². The Bertz CT molecular complexity index is 2070. The van der Waals surface area contributed by atoms with Crippen molar-refractivity contribution in [1.29, 1.82) is 0 Å². The van der Waals surface area contributed by atoms with Crippen LogP contribution in [0, 0.1) is 17.8 Å². The molecule has 0 radical (unpaired) electrons. The van der Waals surface area contributed by atoms with Crippen LogP contribution in [-0.4, -0.2) is 96.7 Å². The fourth-order valence-electron chi connectivity index (χ4n) is 12.3. The molecule has 602 valence electrons. The smallest absolute Gasteiger partial charge is 0.462 e. The monoisotopic (exact) mass is 1490 g/mol. The minimum atomic E-state index is -4.97. The maximum atomic E-state index is 13.1. The molecule has 0 spiro atoms. The van der Waals surface area contributed by atoms with Crippen molar-refractivity contribution in [2.75, 3.05) is 39.6 Å². The Labute approximate surface area is 624 Å². The van der Waals surface area contributed by atoms with Crippen LogP contribution >= 0.6 is 15.6 Å². The highest BCUT2D eigenvalue weighted by Gasteiger charge is 2.30. The molecule has 0 saturated heterocycles. The lowest BCUT2D eigenvalue weighted by Crippen LogP contribution is -2.30. The van der Waals surface area contributed by atoms with Gasteiger partial charge < -0.3 is 33.8 Å².